The number of fused-ring (bicyclic) bond motifs is 1. The fourth-order valence-electron chi connectivity index (χ4n) is 2.73. The second-order valence-corrected chi connectivity index (χ2v) is 5.36. The predicted molar refractivity (Wildman–Crippen MR) is 82.5 cm³/mol. The zero-order valence-electron chi connectivity index (χ0n) is 11.8. The molecular formula is C17H18N2O2. The Bertz CT molecular complexity index is 695. The number of hydrogen-bond donors (Lipinski definition) is 2. The lowest BCUT2D eigenvalue weighted by molar-refractivity contribution is 0.0998. The van der Waals surface area contributed by atoms with Crippen molar-refractivity contribution in [3.8, 4) is 11.5 Å². The summed E-state index contributed by atoms with van der Waals surface area (Å²) in [5.74, 6) is 0.588. The van der Waals surface area contributed by atoms with E-state index in [1.807, 2.05) is 12.1 Å². The second-order valence-electron chi connectivity index (χ2n) is 5.36. The lowest BCUT2D eigenvalue weighted by Gasteiger charge is -2.17. The number of nitrogen functional groups attached to an aromatic ring is 1. The van der Waals surface area contributed by atoms with Gasteiger partial charge in [-0.15, -0.1) is 0 Å². The summed E-state index contributed by atoms with van der Waals surface area (Å²) in [7, 11) is 0. The van der Waals surface area contributed by atoms with Crippen molar-refractivity contribution in [3.63, 3.8) is 0 Å². The van der Waals surface area contributed by atoms with Gasteiger partial charge in [-0.25, -0.2) is 0 Å². The highest BCUT2D eigenvalue weighted by Crippen LogP contribution is 2.31. The van der Waals surface area contributed by atoms with E-state index < -0.39 is 5.91 Å². The van der Waals surface area contributed by atoms with E-state index in [4.69, 9.17) is 16.2 Å². The van der Waals surface area contributed by atoms with Gasteiger partial charge in [0.15, 0.2) is 0 Å². The Kier molecular flexibility index (Phi) is 3.52. The lowest BCUT2D eigenvalue weighted by Crippen LogP contribution is -2.12. The Morgan fingerprint density at radius 2 is 1.76 bits per heavy atom. The van der Waals surface area contributed by atoms with Crippen molar-refractivity contribution < 1.29 is 9.53 Å². The van der Waals surface area contributed by atoms with Crippen molar-refractivity contribution in [1.82, 2.24) is 0 Å². The van der Waals surface area contributed by atoms with Crippen LogP contribution in [0.15, 0.2) is 36.4 Å². The molecule has 0 radical (unpaired) electrons. The Morgan fingerprint density at radius 1 is 1.00 bits per heavy atom. The number of aryl methyl sites for hydroxylation is 2. The first kappa shape index (κ1) is 13.5. The fraction of sp³-hybridized carbons (Fsp3) is 0.235. The van der Waals surface area contributed by atoms with E-state index in [9.17, 15) is 4.79 Å². The molecule has 108 valence electrons. The van der Waals surface area contributed by atoms with Gasteiger partial charge in [0.05, 0.1) is 5.56 Å². The topological polar surface area (TPSA) is 78.3 Å². The third-order valence-corrected chi connectivity index (χ3v) is 3.82. The number of hydrogen-bond acceptors (Lipinski definition) is 3. The van der Waals surface area contributed by atoms with Crippen LogP contribution in [0.1, 0.15) is 34.3 Å². The van der Waals surface area contributed by atoms with Crippen molar-refractivity contribution in [3.05, 3.63) is 53.1 Å². The number of primary amides is 1. The number of amides is 1. The Balaban J connectivity index is 1.93. The Hall–Kier alpha value is -2.49. The highest BCUT2D eigenvalue weighted by molar-refractivity contribution is 5.96. The largest absolute Gasteiger partial charge is 0.456 e. The number of carbonyl (C=O) groups is 1. The molecule has 0 aromatic heterocycles. The SMILES string of the molecule is NC(=O)c1ccc(N)cc1Oc1ccc2c(c1)CCCC2. The maximum atomic E-state index is 11.5. The van der Waals surface area contributed by atoms with Crippen LogP contribution in [0.2, 0.25) is 0 Å². The molecule has 4 N–H and O–H groups in total. The summed E-state index contributed by atoms with van der Waals surface area (Å²) >= 11 is 0. The summed E-state index contributed by atoms with van der Waals surface area (Å²) in [5, 5.41) is 0. The number of benzene rings is 2. The molecule has 0 unspecified atom stereocenters. The van der Waals surface area contributed by atoms with Gasteiger partial charge in [-0.3, -0.25) is 4.79 Å². The third-order valence-electron chi connectivity index (χ3n) is 3.82. The average Bonchev–Trinajstić information content (AvgIpc) is 2.47. The standard InChI is InChI=1S/C17H18N2O2/c18-13-6-8-15(17(19)20)16(10-13)21-14-7-5-11-3-1-2-4-12(11)9-14/h5-10H,1-4,18H2,(H2,19,20). The van der Waals surface area contributed by atoms with Gasteiger partial charge in [0, 0.05) is 11.8 Å². The zero-order chi connectivity index (χ0) is 14.8. The molecule has 1 aliphatic rings. The van der Waals surface area contributed by atoms with Crippen LogP contribution >= 0.6 is 0 Å². The van der Waals surface area contributed by atoms with Crippen LogP contribution in [0.4, 0.5) is 5.69 Å². The molecule has 0 bridgehead atoms. The smallest absolute Gasteiger partial charge is 0.252 e. The number of rotatable bonds is 3. The number of anilines is 1. The Labute approximate surface area is 123 Å². The number of ether oxygens (including phenoxy) is 1. The van der Waals surface area contributed by atoms with Crippen molar-refractivity contribution >= 4 is 11.6 Å². The molecule has 1 aliphatic carbocycles. The molecule has 0 spiro atoms. The van der Waals surface area contributed by atoms with Crippen LogP contribution in [-0.4, -0.2) is 5.91 Å². The first-order valence-electron chi connectivity index (χ1n) is 7.12. The zero-order valence-corrected chi connectivity index (χ0v) is 11.8. The molecular weight excluding hydrogens is 264 g/mol. The first-order valence-corrected chi connectivity index (χ1v) is 7.12. The van der Waals surface area contributed by atoms with Crippen LogP contribution in [-0.2, 0) is 12.8 Å². The lowest BCUT2D eigenvalue weighted by atomic mass is 9.92. The summed E-state index contributed by atoms with van der Waals surface area (Å²) < 4.78 is 5.84. The monoisotopic (exact) mass is 282 g/mol. The molecule has 0 saturated carbocycles. The highest BCUT2D eigenvalue weighted by atomic mass is 16.5. The molecule has 2 aromatic rings. The van der Waals surface area contributed by atoms with E-state index in [0.29, 0.717) is 22.7 Å². The van der Waals surface area contributed by atoms with Gasteiger partial charge >= 0.3 is 0 Å². The molecule has 0 fully saturated rings. The normalized spacial score (nSPS) is 13.5. The van der Waals surface area contributed by atoms with Crippen LogP contribution in [0.3, 0.4) is 0 Å². The predicted octanol–water partition coefficient (Wildman–Crippen LogP) is 3.04. The quantitative estimate of drug-likeness (QED) is 0.849. The van der Waals surface area contributed by atoms with E-state index in [-0.39, 0.29) is 0 Å². The summed E-state index contributed by atoms with van der Waals surface area (Å²) in [6.07, 6.45) is 4.65. The third kappa shape index (κ3) is 2.84. The van der Waals surface area contributed by atoms with Gasteiger partial charge in [-0.05, 0) is 61.1 Å². The molecule has 0 aliphatic heterocycles. The van der Waals surface area contributed by atoms with Gasteiger partial charge in [-0.1, -0.05) is 6.07 Å². The van der Waals surface area contributed by atoms with Crippen LogP contribution in [0.25, 0.3) is 0 Å². The van der Waals surface area contributed by atoms with E-state index in [0.717, 1.165) is 12.8 Å². The number of carbonyl (C=O) groups excluding carboxylic acids is 1. The summed E-state index contributed by atoms with van der Waals surface area (Å²) in [6.45, 7) is 0. The molecule has 21 heavy (non-hydrogen) atoms. The van der Waals surface area contributed by atoms with Crippen molar-refractivity contribution in [2.24, 2.45) is 5.73 Å². The molecule has 1 amide bonds. The fourth-order valence-corrected chi connectivity index (χ4v) is 2.73. The van der Waals surface area contributed by atoms with Crippen LogP contribution in [0, 0.1) is 0 Å². The van der Waals surface area contributed by atoms with Crippen molar-refractivity contribution in [2.45, 2.75) is 25.7 Å². The minimum atomic E-state index is -0.525. The molecule has 0 heterocycles. The van der Waals surface area contributed by atoms with Crippen LogP contribution in [0.5, 0.6) is 11.5 Å². The summed E-state index contributed by atoms with van der Waals surface area (Å²) in [6, 6.07) is 10.9. The van der Waals surface area contributed by atoms with E-state index in [1.165, 1.54) is 24.0 Å². The van der Waals surface area contributed by atoms with E-state index in [1.54, 1.807) is 18.2 Å². The maximum Gasteiger partial charge on any atom is 0.252 e. The van der Waals surface area contributed by atoms with Gasteiger partial charge in [-0.2, -0.15) is 0 Å². The van der Waals surface area contributed by atoms with Gasteiger partial charge in [0.25, 0.3) is 5.91 Å². The molecule has 0 atom stereocenters. The van der Waals surface area contributed by atoms with E-state index in [2.05, 4.69) is 6.07 Å². The molecule has 3 rings (SSSR count). The molecule has 4 nitrogen and oxygen atoms in total. The number of nitrogens with two attached hydrogens (primary N) is 2. The van der Waals surface area contributed by atoms with Gasteiger partial charge in [0.1, 0.15) is 11.5 Å². The van der Waals surface area contributed by atoms with Crippen molar-refractivity contribution in [2.75, 3.05) is 5.73 Å². The average molecular weight is 282 g/mol. The highest BCUT2D eigenvalue weighted by Gasteiger charge is 2.13. The summed E-state index contributed by atoms with van der Waals surface area (Å²) in [5.41, 5.74) is 14.7. The maximum absolute atomic E-state index is 11.5. The minimum Gasteiger partial charge on any atom is -0.456 e. The van der Waals surface area contributed by atoms with Crippen molar-refractivity contribution in [1.29, 1.82) is 0 Å². The first-order chi connectivity index (χ1) is 10.1. The summed E-state index contributed by atoms with van der Waals surface area (Å²) in [4.78, 5) is 11.5. The minimum absolute atomic E-state index is 0.335. The second kappa shape index (κ2) is 5.48. The van der Waals surface area contributed by atoms with Gasteiger partial charge in [0.2, 0.25) is 0 Å². The van der Waals surface area contributed by atoms with Gasteiger partial charge < -0.3 is 16.2 Å². The molecule has 4 heteroatoms. The van der Waals surface area contributed by atoms with E-state index >= 15 is 0 Å². The Morgan fingerprint density at radius 3 is 2.52 bits per heavy atom. The van der Waals surface area contributed by atoms with Crippen LogP contribution < -0.4 is 16.2 Å². The molecule has 2 aromatic carbocycles. The molecule has 0 saturated heterocycles.